The molecule has 3 fully saturated rings. The molecule has 0 aromatic heterocycles. The molecule has 14 nitrogen and oxygen atoms in total. The van der Waals surface area contributed by atoms with Crippen molar-refractivity contribution in [2.24, 2.45) is 22.7 Å². The highest BCUT2D eigenvalue weighted by atomic mass is 16.6. The molecular formula is C45H54O14. The Morgan fingerprint density at radius 2 is 1.56 bits per heavy atom. The van der Waals surface area contributed by atoms with Crippen molar-refractivity contribution in [3.63, 3.8) is 0 Å². The molecule has 1 saturated heterocycles. The van der Waals surface area contributed by atoms with E-state index in [-0.39, 0.29) is 37.0 Å². The Morgan fingerprint density at radius 1 is 0.915 bits per heavy atom. The number of benzene rings is 2. The Hall–Kier alpha value is -4.92. The molecule has 1 aliphatic heterocycles. The second-order valence-corrected chi connectivity index (χ2v) is 17.0. The van der Waals surface area contributed by atoms with Crippen molar-refractivity contribution in [2.45, 2.75) is 122 Å². The molecule has 3 aliphatic carbocycles. The minimum atomic E-state index is -1.83. The third kappa shape index (κ3) is 7.94. The summed E-state index contributed by atoms with van der Waals surface area (Å²) in [6, 6.07) is 17.0. The van der Waals surface area contributed by atoms with Gasteiger partial charge in [-0.05, 0) is 60.9 Å². The van der Waals surface area contributed by atoms with Crippen LogP contribution in [0.5, 0.6) is 0 Å². The van der Waals surface area contributed by atoms with E-state index >= 15 is 0 Å². The Labute approximate surface area is 343 Å². The van der Waals surface area contributed by atoms with Crippen LogP contribution in [0.3, 0.4) is 0 Å². The van der Waals surface area contributed by atoms with Crippen LogP contribution in [-0.2, 0) is 52.4 Å². The normalized spacial score (nSPS) is 31.7. The van der Waals surface area contributed by atoms with Gasteiger partial charge in [0.25, 0.3) is 0 Å². The molecule has 11 atom stereocenters. The number of fused-ring (bicyclic) bond motifs is 5. The number of esters is 5. The molecule has 2 aromatic rings. The molecule has 0 amide bonds. The molecule has 2 aromatic carbocycles. The molecule has 2 N–H and O–H groups in total. The fourth-order valence-electron chi connectivity index (χ4n) is 9.94. The van der Waals surface area contributed by atoms with Crippen LogP contribution in [0.15, 0.2) is 71.8 Å². The van der Waals surface area contributed by atoms with Gasteiger partial charge in [-0.25, -0.2) is 14.4 Å². The molecule has 0 spiro atoms. The molecule has 6 rings (SSSR count). The topological polar surface area (TPSA) is 198 Å². The van der Waals surface area contributed by atoms with E-state index in [9.17, 15) is 39.0 Å². The first kappa shape index (κ1) is 43.7. The van der Waals surface area contributed by atoms with Crippen LogP contribution in [0.4, 0.5) is 0 Å². The van der Waals surface area contributed by atoms with E-state index in [4.69, 9.17) is 28.4 Å². The van der Waals surface area contributed by atoms with Crippen molar-refractivity contribution in [3.05, 3.63) is 82.9 Å². The predicted octanol–water partition coefficient (Wildman–Crippen LogP) is 4.58. The summed E-state index contributed by atoms with van der Waals surface area (Å²) in [5.74, 6) is -7.56. The lowest BCUT2D eigenvalue weighted by Crippen LogP contribution is -2.79. The van der Waals surface area contributed by atoms with Crippen molar-refractivity contribution in [1.82, 2.24) is 0 Å². The number of carbonyl (C=O) groups is 6. The summed E-state index contributed by atoms with van der Waals surface area (Å²) in [5, 5.41) is 24.1. The lowest BCUT2D eigenvalue weighted by molar-refractivity contribution is -0.335. The summed E-state index contributed by atoms with van der Waals surface area (Å²) in [7, 11) is 0. The van der Waals surface area contributed by atoms with Gasteiger partial charge in [0, 0.05) is 31.6 Å². The minimum Gasteiger partial charge on any atom is -0.458 e. The van der Waals surface area contributed by atoms with Gasteiger partial charge in [0.1, 0.15) is 24.4 Å². The Kier molecular flexibility index (Phi) is 12.6. The van der Waals surface area contributed by atoms with Gasteiger partial charge in [-0.1, -0.05) is 76.2 Å². The molecule has 2 saturated carbocycles. The average Bonchev–Trinajstić information content (AvgIpc) is 3.19. The van der Waals surface area contributed by atoms with E-state index in [1.54, 1.807) is 95.3 Å². The number of aliphatic hydroxyl groups is 2. The Bertz CT molecular complexity index is 1980. The molecule has 59 heavy (non-hydrogen) atoms. The number of aliphatic hydroxyl groups excluding tert-OH is 2. The van der Waals surface area contributed by atoms with E-state index in [0.717, 1.165) is 0 Å². The van der Waals surface area contributed by atoms with E-state index in [2.05, 4.69) is 0 Å². The maximum absolute atomic E-state index is 15.0. The third-order valence-electron chi connectivity index (χ3n) is 13.1. The number of ketones is 1. The smallest absolute Gasteiger partial charge is 0.348 e. The molecular weight excluding hydrogens is 764 g/mol. The number of rotatable bonds is 12. The zero-order valence-electron chi connectivity index (χ0n) is 34.5. The number of ether oxygens (including phenoxy) is 6. The van der Waals surface area contributed by atoms with Crippen LogP contribution in [-0.4, -0.2) is 101 Å². The molecule has 4 aliphatic rings. The first-order valence-corrected chi connectivity index (χ1v) is 20.2. The van der Waals surface area contributed by atoms with Gasteiger partial charge >= 0.3 is 29.8 Å². The highest BCUT2D eigenvalue weighted by Gasteiger charge is 2.75. The summed E-state index contributed by atoms with van der Waals surface area (Å²) in [4.78, 5) is 81.5. The van der Waals surface area contributed by atoms with Crippen molar-refractivity contribution in [3.8, 4) is 0 Å². The van der Waals surface area contributed by atoms with Crippen molar-refractivity contribution < 1.29 is 67.4 Å². The molecule has 0 radical (unpaired) electrons. The van der Waals surface area contributed by atoms with E-state index < -0.39 is 113 Å². The maximum Gasteiger partial charge on any atom is 0.348 e. The summed E-state index contributed by atoms with van der Waals surface area (Å²) >= 11 is 0. The summed E-state index contributed by atoms with van der Waals surface area (Å²) in [6.45, 7) is 10.5. The third-order valence-corrected chi connectivity index (χ3v) is 13.1. The number of Topliss-reactive ketones (excluding diaryl/α,β-unsaturated/α-hetero) is 1. The van der Waals surface area contributed by atoms with Crippen molar-refractivity contribution in [1.29, 1.82) is 0 Å². The minimum absolute atomic E-state index is 0.0267. The van der Waals surface area contributed by atoms with E-state index in [0.29, 0.717) is 17.6 Å². The first-order chi connectivity index (χ1) is 27.9. The summed E-state index contributed by atoms with van der Waals surface area (Å²) in [6.07, 6.45) is -7.60. The Morgan fingerprint density at radius 3 is 2.15 bits per heavy atom. The van der Waals surface area contributed by atoms with E-state index in [1.165, 1.54) is 13.8 Å². The van der Waals surface area contributed by atoms with Crippen LogP contribution in [0.25, 0.3) is 0 Å². The second kappa shape index (κ2) is 17.0. The zero-order chi connectivity index (χ0) is 43.0. The fraction of sp³-hybridized carbons (Fsp3) is 0.556. The Balaban J connectivity index is 1.45. The molecule has 2 bridgehead atoms. The summed E-state index contributed by atoms with van der Waals surface area (Å²) < 4.78 is 35.5. The number of hydrogen-bond donors (Lipinski definition) is 2. The van der Waals surface area contributed by atoms with Crippen molar-refractivity contribution in [2.75, 3.05) is 13.2 Å². The quantitative estimate of drug-likeness (QED) is 0.172. The predicted molar refractivity (Wildman–Crippen MR) is 208 cm³/mol. The molecule has 318 valence electrons. The van der Waals surface area contributed by atoms with Gasteiger partial charge in [-0.3, -0.25) is 14.4 Å². The molecule has 14 heteroatoms. The zero-order valence-corrected chi connectivity index (χ0v) is 34.5. The highest BCUT2D eigenvalue weighted by Crippen LogP contribution is 2.63. The van der Waals surface area contributed by atoms with Gasteiger partial charge in [0.05, 0.1) is 29.6 Å². The van der Waals surface area contributed by atoms with Crippen LogP contribution < -0.4 is 0 Å². The average molecular weight is 819 g/mol. The molecule has 1 heterocycles. The standard InChI is InChI=1S/C45H54O14/c1-8-15-33(48)54-22-34(49)57-37(24(2)27-16-11-9-12-17-27)42(53)56-30-20-29-38(58-41(52)28-18-13-10-14-19-28)39-44(7,40(51)36(50)35(25(30)3)43(29,5)6)31(47)21-32-45(39,23-55-32)59-26(4)46/h9-14,16-19,24,29-32,36-39,47,50H,8,15,20-23H2,1-7H3/t24-,29+,30-,31-,32+,36+,37+,38+,39-,44+,45-/m0/s1. The van der Waals surface area contributed by atoms with Gasteiger partial charge in [-0.15, -0.1) is 0 Å². The largest absolute Gasteiger partial charge is 0.458 e. The van der Waals surface area contributed by atoms with Crippen molar-refractivity contribution >= 4 is 35.6 Å². The SMILES string of the molecule is CCCC(=O)OCC(=O)O[C@@H](C(=O)O[C@H]1C[C@@H]2[C@@H](OC(=O)c3ccccc3)[C@@H]3[C@]4(OC(C)=O)CO[C@@H]4C[C@H](O)[C@@]3(C)C(=O)[C@H](O)C(=C1C)C2(C)C)[C@@H](C)c1ccccc1. The number of hydrogen-bond acceptors (Lipinski definition) is 14. The molecule has 0 unspecified atom stereocenters. The number of carbonyl (C=O) groups excluding carboxylic acids is 6. The van der Waals surface area contributed by atoms with Gasteiger partial charge < -0.3 is 38.6 Å². The van der Waals surface area contributed by atoms with Crippen LogP contribution in [0.1, 0.15) is 96.0 Å². The monoisotopic (exact) mass is 818 g/mol. The first-order valence-electron chi connectivity index (χ1n) is 20.2. The van der Waals surface area contributed by atoms with Gasteiger partial charge in [0.2, 0.25) is 6.10 Å². The van der Waals surface area contributed by atoms with Gasteiger partial charge in [0.15, 0.2) is 18.0 Å². The van der Waals surface area contributed by atoms with Crippen LogP contribution in [0.2, 0.25) is 0 Å². The fourth-order valence-corrected chi connectivity index (χ4v) is 9.94. The van der Waals surface area contributed by atoms with Crippen LogP contribution >= 0.6 is 0 Å². The highest BCUT2D eigenvalue weighted by molar-refractivity contribution is 5.94. The lowest BCUT2D eigenvalue weighted by Gasteiger charge is -2.65. The lowest BCUT2D eigenvalue weighted by atomic mass is 9.46. The second-order valence-electron chi connectivity index (χ2n) is 17.0. The van der Waals surface area contributed by atoms with Crippen LogP contribution in [0, 0.1) is 22.7 Å². The van der Waals surface area contributed by atoms with E-state index in [1.807, 2.05) is 0 Å². The summed E-state index contributed by atoms with van der Waals surface area (Å²) in [5.41, 5.74) is -3.09. The van der Waals surface area contributed by atoms with Gasteiger partial charge in [-0.2, -0.15) is 0 Å². The maximum atomic E-state index is 15.0.